The minimum absolute atomic E-state index is 0.0631. The number of nitriles is 1. The van der Waals surface area contributed by atoms with Crippen LogP contribution in [0.15, 0.2) is 86.3 Å². The Labute approximate surface area is 216 Å². The lowest BCUT2D eigenvalue weighted by atomic mass is 10.2. The molecule has 1 aliphatic rings. The van der Waals surface area contributed by atoms with Crippen molar-refractivity contribution >= 4 is 49.5 Å². The Morgan fingerprint density at radius 1 is 0.865 bits per heavy atom. The molecule has 12 heteroatoms. The topological polar surface area (TPSA) is 129 Å². The van der Waals surface area contributed by atoms with Gasteiger partial charge >= 0.3 is 0 Å². The summed E-state index contributed by atoms with van der Waals surface area (Å²) in [4.78, 5) is 12.2. The van der Waals surface area contributed by atoms with E-state index < -0.39 is 10.0 Å². The Hall–Kier alpha value is -4.05. The minimum atomic E-state index is -3.97. The second kappa shape index (κ2) is 9.44. The number of fused-ring (bicyclic) bond motifs is 2. The third-order valence-corrected chi connectivity index (χ3v) is 9.42. The summed E-state index contributed by atoms with van der Waals surface area (Å²) < 4.78 is 34.4. The van der Waals surface area contributed by atoms with Gasteiger partial charge in [-0.15, -0.1) is 0 Å². The van der Waals surface area contributed by atoms with E-state index in [0.717, 1.165) is 15.8 Å². The monoisotopic (exact) mass is 529 g/mol. The van der Waals surface area contributed by atoms with Gasteiger partial charge in [0.15, 0.2) is 5.52 Å². The van der Waals surface area contributed by atoms with Crippen LogP contribution in [0.4, 0.5) is 5.82 Å². The maximum Gasteiger partial charge on any atom is 0.246 e. The number of sulfonamides is 1. The highest BCUT2D eigenvalue weighted by Gasteiger charge is 2.34. The van der Waals surface area contributed by atoms with Gasteiger partial charge < -0.3 is 4.90 Å². The summed E-state index contributed by atoms with van der Waals surface area (Å²) in [6.45, 7) is 1.25. The van der Waals surface area contributed by atoms with Crippen molar-refractivity contribution in [3.05, 3.63) is 72.6 Å². The highest BCUT2D eigenvalue weighted by Crippen LogP contribution is 2.40. The van der Waals surface area contributed by atoms with Gasteiger partial charge in [0.25, 0.3) is 0 Å². The summed E-state index contributed by atoms with van der Waals surface area (Å²) in [5.74, 6) is 0.560. The van der Waals surface area contributed by atoms with Crippen LogP contribution in [-0.4, -0.2) is 59.2 Å². The largest absolute Gasteiger partial charge is 0.353 e. The normalized spacial score (nSPS) is 14.7. The molecule has 0 N–H and O–H groups in total. The average Bonchev–Trinajstić information content (AvgIpc) is 3.42. The van der Waals surface area contributed by atoms with Crippen molar-refractivity contribution in [3.8, 4) is 6.07 Å². The van der Waals surface area contributed by atoms with E-state index in [9.17, 15) is 13.7 Å². The number of aromatic nitrogens is 4. The fourth-order valence-corrected chi connectivity index (χ4v) is 7.45. The van der Waals surface area contributed by atoms with E-state index in [0.29, 0.717) is 34.9 Å². The van der Waals surface area contributed by atoms with E-state index >= 15 is 0 Å². The van der Waals surface area contributed by atoms with E-state index in [1.807, 2.05) is 35.2 Å². The maximum absolute atomic E-state index is 14.0. The third kappa shape index (κ3) is 4.17. The molecule has 6 rings (SSSR count). The zero-order chi connectivity index (χ0) is 25.4. The molecule has 0 spiro atoms. The number of anilines is 1. The highest BCUT2D eigenvalue weighted by atomic mass is 32.2. The molecule has 5 aromatic rings. The number of hydrogen-bond acceptors (Lipinski definition) is 10. The van der Waals surface area contributed by atoms with Crippen LogP contribution in [0.3, 0.4) is 0 Å². The zero-order valence-electron chi connectivity index (χ0n) is 19.4. The molecular formula is C25H19N7O3S2. The molecule has 3 aromatic heterocycles. The summed E-state index contributed by atoms with van der Waals surface area (Å²) in [6, 6.07) is 18.6. The average molecular weight is 530 g/mol. The second-order valence-electron chi connectivity index (χ2n) is 8.34. The smallest absolute Gasteiger partial charge is 0.246 e. The number of nitrogens with zero attached hydrogens (tertiary/aromatic N) is 7. The molecule has 1 fully saturated rings. The Bertz CT molecular complexity index is 1770. The fourth-order valence-electron chi connectivity index (χ4n) is 4.42. The van der Waals surface area contributed by atoms with Crippen molar-refractivity contribution in [1.82, 2.24) is 24.6 Å². The zero-order valence-corrected chi connectivity index (χ0v) is 21.0. The Kier molecular flexibility index (Phi) is 5.96. The molecule has 0 saturated carbocycles. The van der Waals surface area contributed by atoms with E-state index in [2.05, 4.69) is 26.4 Å². The lowest BCUT2D eigenvalue weighted by Gasteiger charge is -2.35. The predicted octanol–water partition coefficient (Wildman–Crippen LogP) is 3.70. The molecule has 37 heavy (non-hydrogen) atoms. The Morgan fingerprint density at radius 2 is 1.65 bits per heavy atom. The molecule has 184 valence electrons. The van der Waals surface area contributed by atoms with Gasteiger partial charge in [-0.2, -0.15) is 9.57 Å². The van der Waals surface area contributed by atoms with E-state index in [1.54, 1.807) is 36.7 Å². The van der Waals surface area contributed by atoms with Crippen LogP contribution in [0.5, 0.6) is 0 Å². The van der Waals surface area contributed by atoms with Gasteiger partial charge in [-0.3, -0.25) is 4.98 Å². The minimum Gasteiger partial charge on any atom is -0.353 e. The summed E-state index contributed by atoms with van der Waals surface area (Å²) in [5.41, 5.74) is 1.80. The fraction of sp³-hybridized carbons (Fsp3) is 0.160. The maximum atomic E-state index is 14.0. The van der Waals surface area contributed by atoms with Gasteiger partial charge in [-0.05, 0) is 46.7 Å². The van der Waals surface area contributed by atoms with Crippen molar-refractivity contribution in [2.24, 2.45) is 0 Å². The SMILES string of the molecule is N#Cc1cccnc1N1CCN(S(=O)(=O)c2c(Sc3cccc4cccnc34)ccc3nonc23)CC1. The second-order valence-corrected chi connectivity index (χ2v) is 11.3. The number of hydrogen-bond donors (Lipinski definition) is 0. The van der Waals surface area contributed by atoms with Crippen molar-refractivity contribution in [1.29, 1.82) is 5.26 Å². The van der Waals surface area contributed by atoms with E-state index in [-0.39, 0.29) is 23.5 Å². The van der Waals surface area contributed by atoms with Gasteiger partial charge in [0.2, 0.25) is 10.0 Å². The summed E-state index contributed by atoms with van der Waals surface area (Å²) in [7, 11) is -3.97. The van der Waals surface area contributed by atoms with Crippen LogP contribution in [-0.2, 0) is 10.0 Å². The summed E-state index contributed by atoms with van der Waals surface area (Å²) in [5, 5.41) is 18.2. The van der Waals surface area contributed by atoms with Crippen LogP contribution < -0.4 is 4.90 Å². The Balaban J connectivity index is 1.36. The number of pyridine rings is 2. The van der Waals surface area contributed by atoms with Crippen LogP contribution in [0.1, 0.15) is 5.56 Å². The van der Waals surface area contributed by atoms with Gasteiger partial charge in [0.05, 0.1) is 11.1 Å². The van der Waals surface area contributed by atoms with Crippen LogP contribution in [0.2, 0.25) is 0 Å². The highest BCUT2D eigenvalue weighted by molar-refractivity contribution is 8.00. The standard InChI is InChI=1S/C25H19N7O3S2/c26-16-18-6-3-11-28-25(18)31-12-14-32(15-13-31)37(33,34)24-21(9-8-19-23(24)30-35-29-19)36-20-7-1-4-17-5-2-10-27-22(17)20/h1-11H,12-15H2. The van der Waals surface area contributed by atoms with Gasteiger partial charge in [-0.25, -0.2) is 18.0 Å². The van der Waals surface area contributed by atoms with Crippen molar-refractivity contribution in [2.75, 3.05) is 31.1 Å². The lowest BCUT2D eigenvalue weighted by Crippen LogP contribution is -2.49. The first-order chi connectivity index (χ1) is 18.1. The molecule has 1 aliphatic heterocycles. The quantitative estimate of drug-likeness (QED) is 0.332. The van der Waals surface area contributed by atoms with Crippen LogP contribution in [0.25, 0.3) is 21.9 Å². The van der Waals surface area contributed by atoms with E-state index in [1.165, 1.54) is 16.1 Å². The molecule has 4 heterocycles. The summed E-state index contributed by atoms with van der Waals surface area (Å²) in [6.07, 6.45) is 3.34. The third-order valence-electron chi connectivity index (χ3n) is 6.20. The van der Waals surface area contributed by atoms with Gasteiger partial charge in [0.1, 0.15) is 22.3 Å². The molecule has 0 bridgehead atoms. The molecule has 10 nitrogen and oxygen atoms in total. The molecule has 0 atom stereocenters. The first-order valence-corrected chi connectivity index (χ1v) is 13.7. The summed E-state index contributed by atoms with van der Waals surface area (Å²) >= 11 is 1.32. The molecule has 2 aromatic carbocycles. The van der Waals surface area contributed by atoms with Crippen molar-refractivity contribution < 1.29 is 13.0 Å². The number of benzene rings is 2. The first-order valence-electron chi connectivity index (χ1n) is 11.4. The molecular weight excluding hydrogens is 510 g/mol. The first kappa shape index (κ1) is 23.4. The van der Waals surface area contributed by atoms with Gasteiger partial charge in [0, 0.05) is 53.7 Å². The van der Waals surface area contributed by atoms with Crippen molar-refractivity contribution in [2.45, 2.75) is 14.7 Å². The molecule has 1 saturated heterocycles. The molecule has 0 unspecified atom stereocenters. The van der Waals surface area contributed by atoms with Crippen LogP contribution >= 0.6 is 11.8 Å². The number of rotatable bonds is 5. The molecule has 0 amide bonds. The molecule has 0 radical (unpaired) electrons. The number of para-hydroxylation sites is 1. The van der Waals surface area contributed by atoms with E-state index in [4.69, 9.17) is 4.63 Å². The van der Waals surface area contributed by atoms with Crippen LogP contribution in [0, 0.1) is 11.3 Å². The molecule has 0 aliphatic carbocycles. The van der Waals surface area contributed by atoms with Gasteiger partial charge in [-0.1, -0.05) is 30.0 Å². The van der Waals surface area contributed by atoms with Crippen molar-refractivity contribution in [3.63, 3.8) is 0 Å². The predicted molar refractivity (Wildman–Crippen MR) is 138 cm³/mol. The Morgan fingerprint density at radius 3 is 2.49 bits per heavy atom. The lowest BCUT2D eigenvalue weighted by molar-refractivity contribution is 0.314. The number of piperazine rings is 1.